The molecule has 0 N–H and O–H groups in total. The van der Waals surface area contributed by atoms with Gasteiger partial charge in [-0.05, 0) is 44.0 Å². The number of carbonyl (C=O) groups is 1. The Kier molecular flexibility index (Phi) is 5.90. The standard InChI is InChI=1S/C25H27N3O4/c1-17-5-4-6-19(15-17)25(29)28-12-9-20(16-28)31-22-8-3-2-7-21(22)24-26-23(27-32-24)18-10-13-30-14-11-18/h2-8,15,18,20H,9-14,16H2,1H3. The van der Waals surface area contributed by atoms with Crippen LogP contribution >= 0.6 is 0 Å². The van der Waals surface area contributed by atoms with Crippen LogP contribution in [0, 0.1) is 6.92 Å². The maximum absolute atomic E-state index is 12.9. The highest BCUT2D eigenvalue weighted by Crippen LogP contribution is 2.33. The average molecular weight is 434 g/mol. The normalized spacial score (nSPS) is 19.3. The van der Waals surface area contributed by atoms with Crippen molar-refractivity contribution >= 4 is 5.91 Å². The van der Waals surface area contributed by atoms with Crippen LogP contribution < -0.4 is 4.74 Å². The lowest BCUT2D eigenvalue weighted by atomic mass is 10.00. The SMILES string of the molecule is Cc1cccc(C(=O)N2CCC(Oc3ccccc3-c3nc(C4CCOCC4)no3)C2)c1. The molecular formula is C25H27N3O4. The Bertz CT molecular complexity index is 1090. The third-order valence-electron chi connectivity index (χ3n) is 6.14. The van der Waals surface area contributed by atoms with Crippen molar-refractivity contribution in [2.75, 3.05) is 26.3 Å². The maximum Gasteiger partial charge on any atom is 0.261 e. The predicted octanol–water partition coefficient (Wildman–Crippen LogP) is 4.23. The van der Waals surface area contributed by atoms with Gasteiger partial charge in [-0.3, -0.25) is 4.79 Å². The van der Waals surface area contributed by atoms with E-state index in [1.54, 1.807) is 0 Å². The fourth-order valence-electron chi connectivity index (χ4n) is 4.36. The van der Waals surface area contributed by atoms with E-state index in [-0.39, 0.29) is 17.9 Å². The molecule has 1 atom stereocenters. The Morgan fingerprint density at radius 3 is 2.78 bits per heavy atom. The van der Waals surface area contributed by atoms with E-state index in [2.05, 4.69) is 10.1 Å². The van der Waals surface area contributed by atoms with Crippen molar-refractivity contribution in [2.45, 2.75) is 38.2 Å². The van der Waals surface area contributed by atoms with Crippen LogP contribution in [0.5, 0.6) is 5.75 Å². The quantitative estimate of drug-likeness (QED) is 0.599. The summed E-state index contributed by atoms with van der Waals surface area (Å²) in [6, 6.07) is 15.4. The average Bonchev–Trinajstić information content (AvgIpc) is 3.50. The minimum atomic E-state index is -0.0807. The molecule has 2 saturated heterocycles. The minimum Gasteiger partial charge on any atom is -0.488 e. The van der Waals surface area contributed by atoms with Crippen molar-refractivity contribution in [3.05, 3.63) is 65.5 Å². The van der Waals surface area contributed by atoms with Crippen molar-refractivity contribution in [2.24, 2.45) is 0 Å². The summed E-state index contributed by atoms with van der Waals surface area (Å²) >= 11 is 0. The van der Waals surface area contributed by atoms with Gasteiger partial charge in [0.15, 0.2) is 5.82 Å². The first kappa shape index (κ1) is 20.7. The summed E-state index contributed by atoms with van der Waals surface area (Å²) < 4.78 is 17.3. The lowest BCUT2D eigenvalue weighted by Gasteiger charge is -2.18. The van der Waals surface area contributed by atoms with E-state index in [4.69, 9.17) is 14.0 Å². The number of ether oxygens (including phenoxy) is 2. The monoisotopic (exact) mass is 433 g/mol. The first-order chi connectivity index (χ1) is 15.7. The van der Waals surface area contributed by atoms with Gasteiger partial charge in [-0.2, -0.15) is 4.98 Å². The van der Waals surface area contributed by atoms with Gasteiger partial charge in [-0.25, -0.2) is 0 Å². The maximum atomic E-state index is 12.9. The summed E-state index contributed by atoms with van der Waals surface area (Å²) in [6.45, 7) is 4.68. The van der Waals surface area contributed by atoms with Gasteiger partial charge in [0.1, 0.15) is 11.9 Å². The number of rotatable bonds is 5. The van der Waals surface area contributed by atoms with E-state index < -0.39 is 0 Å². The van der Waals surface area contributed by atoms with E-state index in [1.165, 1.54) is 0 Å². The van der Waals surface area contributed by atoms with Gasteiger partial charge < -0.3 is 18.9 Å². The second-order valence-electron chi connectivity index (χ2n) is 8.49. The summed E-state index contributed by atoms with van der Waals surface area (Å²) in [7, 11) is 0. The molecule has 2 aliphatic heterocycles. The summed E-state index contributed by atoms with van der Waals surface area (Å²) in [5.74, 6) is 2.21. The van der Waals surface area contributed by atoms with Gasteiger partial charge in [0.2, 0.25) is 0 Å². The topological polar surface area (TPSA) is 77.7 Å². The molecule has 166 valence electrons. The van der Waals surface area contributed by atoms with Gasteiger partial charge in [0.25, 0.3) is 11.8 Å². The molecule has 3 heterocycles. The Labute approximate surface area is 187 Å². The number of aryl methyl sites for hydroxylation is 1. The van der Waals surface area contributed by atoms with Crippen LogP contribution in [0.15, 0.2) is 53.1 Å². The smallest absolute Gasteiger partial charge is 0.261 e. The summed E-state index contributed by atoms with van der Waals surface area (Å²) in [5.41, 5.74) is 2.58. The largest absolute Gasteiger partial charge is 0.488 e. The van der Waals surface area contributed by atoms with Crippen LogP contribution in [0.3, 0.4) is 0 Å². The lowest BCUT2D eigenvalue weighted by molar-refractivity contribution is 0.0772. The summed E-state index contributed by atoms with van der Waals surface area (Å²) in [5, 5.41) is 4.21. The second-order valence-corrected chi connectivity index (χ2v) is 8.49. The molecular weight excluding hydrogens is 406 g/mol. The van der Waals surface area contributed by atoms with E-state index in [1.807, 2.05) is 60.4 Å². The Morgan fingerprint density at radius 1 is 1.09 bits per heavy atom. The number of carbonyl (C=O) groups excluding carboxylic acids is 1. The van der Waals surface area contributed by atoms with Crippen molar-refractivity contribution in [1.29, 1.82) is 0 Å². The number of amides is 1. The van der Waals surface area contributed by atoms with Gasteiger partial charge in [0.05, 0.1) is 12.1 Å². The molecule has 0 spiro atoms. The van der Waals surface area contributed by atoms with Crippen molar-refractivity contribution in [3.63, 3.8) is 0 Å². The van der Waals surface area contributed by atoms with E-state index >= 15 is 0 Å². The predicted molar refractivity (Wildman–Crippen MR) is 119 cm³/mol. The molecule has 0 saturated carbocycles. The van der Waals surface area contributed by atoms with Crippen LogP contribution in [0.1, 0.15) is 46.9 Å². The number of likely N-dealkylation sites (tertiary alicyclic amines) is 1. The highest BCUT2D eigenvalue weighted by Gasteiger charge is 2.29. The van der Waals surface area contributed by atoms with Crippen LogP contribution in [-0.4, -0.2) is 53.4 Å². The van der Waals surface area contributed by atoms with Gasteiger partial charge >= 0.3 is 0 Å². The molecule has 3 aromatic rings. The van der Waals surface area contributed by atoms with Gasteiger partial charge in [-0.1, -0.05) is 35.0 Å². The molecule has 0 bridgehead atoms. The summed E-state index contributed by atoms with van der Waals surface area (Å²) in [6.07, 6.45) is 2.51. The number of benzene rings is 2. The molecule has 7 heteroatoms. The molecule has 2 aliphatic rings. The Hall–Kier alpha value is -3.19. The molecule has 0 aliphatic carbocycles. The fourth-order valence-corrected chi connectivity index (χ4v) is 4.36. The molecule has 5 rings (SSSR count). The first-order valence-corrected chi connectivity index (χ1v) is 11.2. The third-order valence-corrected chi connectivity index (χ3v) is 6.14. The van der Waals surface area contributed by atoms with Crippen LogP contribution in [0.25, 0.3) is 11.5 Å². The van der Waals surface area contributed by atoms with Gasteiger partial charge in [0, 0.05) is 37.7 Å². The molecule has 0 radical (unpaired) electrons. The lowest BCUT2D eigenvalue weighted by Crippen LogP contribution is -2.31. The zero-order valence-corrected chi connectivity index (χ0v) is 18.2. The zero-order valence-electron chi connectivity index (χ0n) is 18.2. The second kappa shape index (κ2) is 9.12. The Morgan fingerprint density at radius 2 is 1.94 bits per heavy atom. The van der Waals surface area contributed by atoms with Crippen LogP contribution in [-0.2, 0) is 4.74 Å². The van der Waals surface area contributed by atoms with Crippen molar-refractivity contribution in [1.82, 2.24) is 15.0 Å². The summed E-state index contributed by atoms with van der Waals surface area (Å²) in [4.78, 5) is 19.4. The van der Waals surface area contributed by atoms with E-state index in [0.29, 0.717) is 24.7 Å². The van der Waals surface area contributed by atoms with E-state index in [0.717, 1.165) is 55.0 Å². The first-order valence-electron chi connectivity index (χ1n) is 11.2. The van der Waals surface area contributed by atoms with Gasteiger partial charge in [-0.15, -0.1) is 0 Å². The van der Waals surface area contributed by atoms with E-state index in [9.17, 15) is 4.79 Å². The fraction of sp³-hybridized carbons (Fsp3) is 0.400. The number of hydrogen-bond acceptors (Lipinski definition) is 6. The zero-order chi connectivity index (χ0) is 21.9. The number of nitrogens with zero attached hydrogens (tertiary/aromatic N) is 3. The van der Waals surface area contributed by atoms with Crippen LogP contribution in [0.2, 0.25) is 0 Å². The molecule has 1 unspecified atom stereocenters. The van der Waals surface area contributed by atoms with Crippen molar-refractivity contribution in [3.8, 4) is 17.2 Å². The molecule has 7 nitrogen and oxygen atoms in total. The van der Waals surface area contributed by atoms with Crippen LogP contribution in [0.4, 0.5) is 0 Å². The molecule has 32 heavy (non-hydrogen) atoms. The minimum absolute atomic E-state index is 0.0473. The Balaban J connectivity index is 1.28. The number of hydrogen-bond donors (Lipinski definition) is 0. The van der Waals surface area contributed by atoms with Crippen molar-refractivity contribution < 1.29 is 18.8 Å². The molecule has 2 fully saturated rings. The highest BCUT2D eigenvalue weighted by atomic mass is 16.5. The molecule has 1 amide bonds. The number of para-hydroxylation sites is 1. The molecule has 1 aromatic heterocycles. The highest BCUT2D eigenvalue weighted by molar-refractivity contribution is 5.94. The molecule has 2 aromatic carbocycles. The third kappa shape index (κ3) is 4.39. The number of aromatic nitrogens is 2.